The Morgan fingerprint density at radius 2 is 2.12 bits per heavy atom. The fraction of sp³-hybridized carbons (Fsp3) is 0.500. The Kier molecular flexibility index (Phi) is 3.36. The van der Waals surface area contributed by atoms with Crippen LogP contribution in [0.2, 0.25) is 0 Å². The van der Waals surface area contributed by atoms with E-state index in [2.05, 4.69) is 6.07 Å². The Bertz CT molecular complexity index is 408. The summed E-state index contributed by atoms with van der Waals surface area (Å²) in [6.45, 7) is 0. The standard InChI is InChI=1S/C14H18O3/c1-17-12-5-3-2-4-11(12)6-7-14(8-9-14)10-13(15)16/h2-5H,6-10H2,1H3,(H,15,16). The number of rotatable bonds is 6. The van der Waals surface area contributed by atoms with Crippen molar-refractivity contribution in [1.29, 1.82) is 0 Å². The molecule has 92 valence electrons. The zero-order chi connectivity index (χ0) is 12.3. The normalized spacial score (nSPS) is 16.5. The van der Waals surface area contributed by atoms with Gasteiger partial charge in [0.25, 0.3) is 0 Å². The second kappa shape index (κ2) is 4.78. The molecule has 0 aromatic heterocycles. The first-order valence-electron chi connectivity index (χ1n) is 5.99. The molecule has 3 heteroatoms. The van der Waals surface area contributed by atoms with Crippen molar-refractivity contribution in [1.82, 2.24) is 0 Å². The third-order valence-electron chi connectivity index (χ3n) is 3.60. The Hall–Kier alpha value is -1.51. The SMILES string of the molecule is COc1ccccc1CCC1(CC(=O)O)CC1. The Labute approximate surface area is 101 Å². The van der Waals surface area contributed by atoms with Crippen LogP contribution in [-0.2, 0) is 11.2 Å². The molecule has 2 rings (SSSR count). The number of methoxy groups -OCH3 is 1. The molecule has 0 amide bonds. The molecular weight excluding hydrogens is 216 g/mol. The molecule has 0 bridgehead atoms. The van der Waals surface area contributed by atoms with Gasteiger partial charge in [0.15, 0.2) is 0 Å². The molecule has 0 atom stereocenters. The second-order valence-electron chi connectivity index (χ2n) is 4.88. The van der Waals surface area contributed by atoms with Crippen LogP contribution in [0.15, 0.2) is 24.3 Å². The highest BCUT2D eigenvalue weighted by Gasteiger charge is 2.43. The summed E-state index contributed by atoms with van der Waals surface area (Å²) in [7, 11) is 1.67. The number of hydrogen-bond donors (Lipinski definition) is 1. The van der Waals surface area contributed by atoms with Gasteiger partial charge in [-0.1, -0.05) is 18.2 Å². The van der Waals surface area contributed by atoms with Crippen molar-refractivity contribution in [3.05, 3.63) is 29.8 Å². The molecule has 0 heterocycles. The van der Waals surface area contributed by atoms with Crippen molar-refractivity contribution in [2.75, 3.05) is 7.11 Å². The van der Waals surface area contributed by atoms with Crippen LogP contribution < -0.4 is 4.74 Å². The Balaban J connectivity index is 1.96. The van der Waals surface area contributed by atoms with Crippen LogP contribution in [0.5, 0.6) is 5.75 Å². The smallest absolute Gasteiger partial charge is 0.303 e. The van der Waals surface area contributed by atoms with Gasteiger partial charge >= 0.3 is 5.97 Å². The number of carboxylic acid groups (broad SMARTS) is 1. The van der Waals surface area contributed by atoms with E-state index >= 15 is 0 Å². The first kappa shape index (κ1) is 12.0. The summed E-state index contributed by atoms with van der Waals surface area (Å²) in [5.74, 6) is 0.223. The van der Waals surface area contributed by atoms with Gasteiger partial charge in [0.2, 0.25) is 0 Å². The molecule has 0 spiro atoms. The number of para-hydroxylation sites is 1. The van der Waals surface area contributed by atoms with Gasteiger partial charge in [0.05, 0.1) is 13.5 Å². The summed E-state index contributed by atoms with van der Waals surface area (Å²) >= 11 is 0. The number of benzene rings is 1. The van der Waals surface area contributed by atoms with Crippen LogP contribution >= 0.6 is 0 Å². The van der Waals surface area contributed by atoms with E-state index in [-0.39, 0.29) is 5.41 Å². The molecule has 17 heavy (non-hydrogen) atoms. The minimum absolute atomic E-state index is 0.0622. The molecule has 1 aliphatic rings. The number of aliphatic carboxylic acids is 1. The summed E-state index contributed by atoms with van der Waals surface area (Å²) in [6.07, 6.45) is 4.25. The van der Waals surface area contributed by atoms with Crippen LogP contribution in [0.4, 0.5) is 0 Å². The summed E-state index contributed by atoms with van der Waals surface area (Å²) in [6, 6.07) is 7.95. The minimum atomic E-state index is -0.678. The maximum atomic E-state index is 10.8. The zero-order valence-electron chi connectivity index (χ0n) is 10.1. The number of aryl methyl sites for hydroxylation is 1. The van der Waals surface area contributed by atoms with Gasteiger partial charge in [0.1, 0.15) is 5.75 Å². The second-order valence-corrected chi connectivity index (χ2v) is 4.88. The molecule has 0 unspecified atom stereocenters. The first-order chi connectivity index (χ1) is 8.15. The fourth-order valence-corrected chi connectivity index (χ4v) is 2.32. The molecule has 1 aliphatic carbocycles. The van der Waals surface area contributed by atoms with E-state index in [1.54, 1.807) is 7.11 Å². The highest BCUT2D eigenvalue weighted by molar-refractivity contribution is 5.68. The van der Waals surface area contributed by atoms with Gasteiger partial charge < -0.3 is 9.84 Å². The lowest BCUT2D eigenvalue weighted by molar-refractivity contribution is -0.138. The molecule has 3 nitrogen and oxygen atoms in total. The summed E-state index contributed by atoms with van der Waals surface area (Å²) in [5.41, 5.74) is 1.24. The van der Waals surface area contributed by atoms with Crippen LogP contribution in [0.1, 0.15) is 31.2 Å². The van der Waals surface area contributed by atoms with E-state index in [1.165, 1.54) is 5.56 Å². The number of carboxylic acids is 1. The largest absolute Gasteiger partial charge is 0.496 e. The quantitative estimate of drug-likeness (QED) is 0.823. The van der Waals surface area contributed by atoms with Crippen molar-refractivity contribution < 1.29 is 14.6 Å². The summed E-state index contributed by atoms with van der Waals surface area (Å²) < 4.78 is 5.30. The molecular formula is C14H18O3. The average molecular weight is 234 g/mol. The van der Waals surface area contributed by atoms with Gasteiger partial charge in [-0.3, -0.25) is 4.79 Å². The molecule has 0 aliphatic heterocycles. The maximum absolute atomic E-state index is 10.8. The van der Waals surface area contributed by atoms with Gasteiger partial charge in [-0.25, -0.2) is 0 Å². The van der Waals surface area contributed by atoms with Gasteiger partial charge in [-0.05, 0) is 42.7 Å². The Morgan fingerprint density at radius 1 is 1.41 bits per heavy atom. The third-order valence-corrected chi connectivity index (χ3v) is 3.60. The lowest BCUT2D eigenvalue weighted by Crippen LogP contribution is -2.09. The van der Waals surface area contributed by atoms with E-state index in [0.717, 1.165) is 31.4 Å². The molecule has 1 aromatic rings. The van der Waals surface area contributed by atoms with E-state index < -0.39 is 5.97 Å². The molecule has 1 saturated carbocycles. The maximum Gasteiger partial charge on any atom is 0.303 e. The number of hydrogen-bond acceptors (Lipinski definition) is 2. The highest BCUT2D eigenvalue weighted by Crippen LogP contribution is 2.52. The van der Waals surface area contributed by atoms with Crippen molar-refractivity contribution in [3.8, 4) is 5.75 Å². The van der Waals surface area contributed by atoms with Gasteiger partial charge in [0, 0.05) is 0 Å². The highest BCUT2D eigenvalue weighted by atomic mass is 16.5. The molecule has 0 saturated heterocycles. The minimum Gasteiger partial charge on any atom is -0.496 e. The lowest BCUT2D eigenvalue weighted by atomic mass is 9.93. The van der Waals surface area contributed by atoms with Crippen molar-refractivity contribution in [2.24, 2.45) is 5.41 Å². The average Bonchev–Trinajstić information content (AvgIpc) is 3.06. The van der Waals surface area contributed by atoms with E-state index in [1.807, 2.05) is 18.2 Å². The molecule has 1 aromatic carbocycles. The topological polar surface area (TPSA) is 46.5 Å². The monoisotopic (exact) mass is 234 g/mol. The predicted octanol–water partition coefficient (Wildman–Crippen LogP) is 2.88. The van der Waals surface area contributed by atoms with E-state index in [9.17, 15) is 4.79 Å². The fourth-order valence-electron chi connectivity index (χ4n) is 2.32. The van der Waals surface area contributed by atoms with Crippen molar-refractivity contribution in [2.45, 2.75) is 32.1 Å². The third kappa shape index (κ3) is 2.99. The van der Waals surface area contributed by atoms with Crippen LogP contribution in [0, 0.1) is 5.41 Å². The van der Waals surface area contributed by atoms with E-state index in [0.29, 0.717) is 6.42 Å². The number of carbonyl (C=O) groups is 1. The lowest BCUT2D eigenvalue weighted by Gasteiger charge is -2.13. The van der Waals surface area contributed by atoms with Crippen molar-refractivity contribution in [3.63, 3.8) is 0 Å². The molecule has 1 N–H and O–H groups in total. The van der Waals surface area contributed by atoms with Crippen LogP contribution in [-0.4, -0.2) is 18.2 Å². The van der Waals surface area contributed by atoms with Crippen LogP contribution in [0.25, 0.3) is 0 Å². The summed E-state index contributed by atoms with van der Waals surface area (Å²) in [5, 5.41) is 8.86. The Morgan fingerprint density at radius 3 is 2.71 bits per heavy atom. The van der Waals surface area contributed by atoms with Gasteiger partial charge in [-0.15, -0.1) is 0 Å². The van der Waals surface area contributed by atoms with Crippen LogP contribution in [0.3, 0.4) is 0 Å². The zero-order valence-corrected chi connectivity index (χ0v) is 10.1. The molecule has 1 fully saturated rings. The predicted molar refractivity (Wildman–Crippen MR) is 65.2 cm³/mol. The summed E-state index contributed by atoms with van der Waals surface area (Å²) in [4.78, 5) is 10.8. The number of ether oxygens (including phenoxy) is 1. The van der Waals surface area contributed by atoms with Crippen molar-refractivity contribution >= 4 is 5.97 Å². The van der Waals surface area contributed by atoms with Gasteiger partial charge in [-0.2, -0.15) is 0 Å². The van der Waals surface area contributed by atoms with E-state index in [4.69, 9.17) is 9.84 Å². The first-order valence-corrected chi connectivity index (χ1v) is 5.99. The molecule has 0 radical (unpaired) electrons.